The Labute approximate surface area is 120 Å². The molecule has 1 aromatic carbocycles. The van der Waals surface area contributed by atoms with E-state index in [9.17, 15) is 4.79 Å². The molecule has 0 bridgehead atoms. The van der Waals surface area contributed by atoms with Crippen LogP contribution in [0.5, 0.6) is 5.75 Å². The number of nitrogens with one attached hydrogen (secondary N) is 1. The normalized spacial score (nSPS) is 32.7. The van der Waals surface area contributed by atoms with Crippen LogP contribution in [0.1, 0.15) is 33.1 Å². The fourth-order valence-corrected chi connectivity index (χ4v) is 3.71. The van der Waals surface area contributed by atoms with Crippen LogP contribution in [0.15, 0.2) is 24.3 Å². The maximum absolute atomic E-state index is 12.7. The molecule has 1 aromatic rings. The third-order valence-electron chi connectivity index (χ3n) is 4.53. The molecule has 1 fully saturated rings. The van der Waals surface area contributed by atoms with E-state index in [1.54, 1.807) is 0 Å². The first kappa shape index (κ1) is 13.5. The Hall–Kier alpha value is -1.51. The van der Waals surface area contributed by atoms with E-state index in [2.05, 4.69) is 19.2 Å². The Morgan fingerprint density at radius 2 is 1.85 bits per heavy atom. The van der Waals surface area contributed by atoms with Crippen LogP contribution in [0.2, 0.25) is 0 Å². The molecule has 0 spiro atoms. The predicted octanol–water partition coefficient (Wildman–Crippen LogP) is 3.50. The van der Waals surface area contributed by atoms with E-state index in [4.69, 9.17) is 4.74 Å². The summed E-state index contributed by atoms with van der Waals surface area (Å²) < 4.78 is 5.91. The fourth-order valence-electron chi connectivity index (χ4n) is 3.71. The molecule has 0 radical (unpaired) electrons. The Kier molecular flexibility index (Phi) is 3.68. The van der Waals surface area contributed by atoms with Gasteiger partial charge in [0.25, 0.3) is 0 Å². The fraction of sp³-hybridized carbons (Fsp3) is 0.588. The molecule has 3 rings (SSSR count). The molecule has 1 aliphatic heterocycles. The number of fused-ring (bicyclic) bond motifs is 1. The third kappa shape index (κ3) is 2.67. The highest BCUT2D eigenvalue weighted by molar-refractivity contribution is 5.87. The lowest BCUT2D eigenvalue weighted by atomic mass is 9.74. The molecule has 0 amide bonds. The lowest BCUT2D eigenvalue weighted by Gasteiger charge is -2.34. The number of rotatable bonds is 2. The molecule has 1 N–H and O–H groups in total. The lowest BCUT2D eigenvalue weighted by Crippen LogP contribution is -2.42. The van der Waals surface area contributed by atoms with Crippen LogP contribution in [0.25, 0.3) is 0 Å². The molecule has 0 aromatic heterocycles. The van der Waals surface area contributed by atoms with Gasteiger partial charge >= 0.3 is 0 Å². The van der Waals surface area contributed by atoms with Gasteiger partial charge in [0.05, 0.1) is 12.2 Å². The molecule has 1 heterocycles. The van der Waals surface area contributed by atoms with Gasteiger partial charge in [-0.3, -0.25) is 4.79 Å². The largest absolute Gasteiger partial charge is 0.479 e. The summed E-state index contributed by atoms with van der Waals surface area (Å²) in [5.41, 5.74) is 0.988. The van der Waals surface area contributed by atoms with Gasteiger partial charge in [-0.25, -0.2) is 0 Å². The summed E-state index contributed by atoms with van der Waals surface area (Å²) in [5.74, 6) is 2.55. The third-order valence-corrected chi connectivity index (χ3v) is 4.53. The van der Waals surface area contributed by atoms with Crippen LogP contribution in [-0.4, -0.2) is 18.4 Å². The van der Waals surface area contributed by atoms with Crippen LogP contribution in [0.4, 0.5) is 5.69 Å². The average Bonchev–Trinajstić information content (AvgIpc) is 2.45. The Bertz CT molecular complexity index is 490. The van der Waals surface area contributed by atoms with Crippen molar-refractivity contribution in [3.8, 4) is 5.75 Å². The maximum atomic E-state index is 12.7. The van der Waals surface area contributed by atoms with Crippen molar-refractivity contribution in [2.24, 2.45) is 17.8 Å². The highest BCUT2D eigenvalue weighted by atomic mass is 16.5. The zero-order valence-corrected chi connectivity index (χ0v) is 12.3. The molecule has 108 valence electrons. The van der Waals surface area contributed by atoms with Crippen LogP contribution in [0, 0.1) is 17.8 Å². The SMILES string of the molecule is CC1CC(C)CC(C(=O)C2CNc3ccccc3O2)C1. The van der Waals surface area contributed by atoms with Crippen molar-refractivity contribution in [1.82, 2.24) is 0 Å². The van der Waals surface area contributed by atoms with Crippen molar-refractivity contribution in [3.63, 3.8) is 0 Å². The van der Waals surface area contributed by atoms with Gasteiger partial charge in [-0.05, 0) is 43.2 Å². The quantitative estimate of drug-likeness (QED) is 0.896. The van der Waals surface area contributed by atoms with E-state index in [1.807, 2.05) is 24.3 Å². The monoisotopic (exact) mass is 273 g/mol. The first-order valence-corrected chi connectivity index (χ1v) is 7.66. The van der Waals surface area contributed by atoms with E-state index in [0.29, 0.717) is 18.4 Å². The summed E-state index contributed by atoms with van der Waals surface area (Å²) in [7, 11) is 0. The van der Waals surface area contributed by atoms with Gasteiger partial charge in [0.1, 0.15) is 5.75 Å². The second-order valence-corrected chi connectivity index (χ2v) is 6.50. The summed E-state index contributed by atoms with van der Waals surface area (Å²) in [6, 6.07) is 7.83. The number of ketones is 1. The van der Waals surface area contributed by atoms with E-state index in [-0.39, 0.29) is 17.8 Å². The number of hydrogen-bond donors (Lipinski definition) is 1. The Balaban J connectivity index is 1.69. The van der Waals surface area contributed by atoms with Crippen molar-refractivity contribution in [2.45, 2.75) is 39.2 Å². The minimum Gasteiger partial charge on any atom is -0.479 e. The molecule has 3 heteroatoms. The van der Waals surface area contributed by atoms with Crippen molar-refractivity contribution in [2.75, 3.05) is 11.9 Å². The molecular weight excluding hydrogens is 250 g/mol. The summed E-state index contributed by atoms with van der Waals surface area (Å²) in [6.07, 6.45) is 2.96. The number of carbonyl (C=O) groups excluding carboxylic acids is 1. The highest BCUT2D eigenvalue weighted by Gasteiger charge is 2.35. The van der Waals surface area contributed by atoms with E-state index in [0.717, 1.165) is 24.3 Å². The van der Waals surface area contributed by atoms with Crippen LogP contribution >= 0.6 is 0 Å². The number of Topliss-reactive ketones (excluding diaryl/α,β-unsaturated/α-hetero) is 1. The molecular formula is C17H23NO2. The van der Waals surface area contributed by atoms with Crippen molar-refractivity contribution in [3.05, 3.63) is 24.3 Å². The number of para-hydroxylation sites is 2. The molecule has 3 unspecified atom stereocenters. The summed E-state index contributed by atoms with van der Waals surface area (Å²) in [5, 5.41) is 3.31. The van der Waals surface area contributed by atoms with Crippen LogP contribution < -0.4 is 10.1 Å². The summed E-state index contributed by atoms with van der Waals surface area (Å²) in [6.45, 7) is 5.10. The average molecular weight is 273 g/mol. The first-order chi connectivity index (χ1) is 9.63. The van der Waals surface area contributed by atoms with E-state index < -0.39 is 0 Å². The van der Waals surface area contributed by atoms with Gasteiger partial charge < -0.3 is 10.1 Å². The van der Waals surface area contributed by atoms with Gasteiger partial charge in [0.15, 0.2) is 11.9 Å². The highest BCUT2D eigenvalue weighted by Crippen LogP contribution is 2.36. The van der Waals surface area contributed by atoms with Gasteiger partial charge in [-0.15, -0.1) is 0 Å². The molecule has 3 nitrogen and oxygen atoms in total. The van der Waals surface area contributed by atoms with E-state index in [1.165, 1.54) is 6.42 Å². The van der Waals surface area contributed by atoms with Crippen LogP contribution in [-0.2, 0) is 4.79 Å². The molecule has 0 saturated heterocycles. The second-order valence-electron chi connectivity index (χ2n) is 6.50. The van der Waals surface area contributed by atoms with Crippen LogP contribution in [0.3, 0.4) is 0 Å². The zero-order valence-electron chi connectivity index (χ0n) is 12.3. The number of carbonyl (C=O) groups is 1. The molecule has 3 atom stereocenters. The van der Waals surface area contributed by atoms with Crippen molar-refractivity contribution < 1.29 is 9.53 Å². The number of anilines is 1. The van der Waals surface area contributed by atoms with Crippen molar-refractivity contribution in [1.29, 1.82) is 0 Å². The minimum absolute atomic E-state index is 0.172. The minimum atomic E-state index is -0.326. The molecule has 2 aliphatic rings. The summed E-state index contributed by atoms with van der Waals surface area (Å²) >= 11 is 0. The van der Waals surface area contributed by atoms with Gasteiger partial charge in [-0.2, -0.15) is 0 Å². The molecule has 1 saturated carbocycles. The van der Waals surface area contributed by atoms with Crippen molar-refractivity contribution >= 4 is 11.5 Å². The van der Waals surface area contributed by atoms with Gasteiger partial charge in [-0.1, -0.05) is 26.0 Å². The predicted molar refractivity (Wildman–Crippen MR) is 80.0 cm³/mol. The summed E-state index contributed by atoms with van der Waals surface area (Å²) in [4.78, 5) is 12.7. The van der Waals surface area contributed by atoms with Gasteiger partial charge in [0, 0.05) is 5.92 Å². The number of benzene rings is 1. The number of ether oxygens (including phenoxy) is 1. The number of hydrogen-bond acceptors (Lipinski definition) is 3. The molecule has 20 heavy (non-hydrogen) atoms. The molecule has 1 aliphatic carbocycles. The standard InChI is InChI=1S/C17H23NO2/c1-11-7-12(2)9-13(8-11)17(19)16-10-18-14-5-3-4-6-15(14)20-16/h3-6,11-13,16,18H,7-10H2,1-2H3. The maximum Gasteiger partial charge on any atom is 0.178 e. The van der Waals surface area contributed by atoms with Gasteiger partial charge in [0.2, 0.25) is 0 Å². The first-order valence-electron chi connectivity index (χ1n) is 7.66. The zero-order chi connectivity index (χ0) is 14.1. The topological polar surface area (TPSA) is 38.3 Å². The Morgan fingerprint density at radius 3 is 2.60 bits per heavy atom. The lowest BCUT2D eigenvalue weighted by molar-refractivity contribution is -0.131. The van der Waals surface area contributed by atoms with E-state index >= 15 is 0 Å². The smallest absolute Gasteiger partial charge is 0.178 e. The Morgan fingerprint density at radius 1 is 1.15 bits per heavy atom. The second kappa shape index (κ2) is 5.47.